The Morgan fingerprint density at radius 3 is 2.47 bits per heavy atom. The van der Waals surface area contributed by atoms with Crippen molar-refractivity contribution in [2.75, 3.05) is 13.7 Å². The number of carbonyl (C=O) groups is 1. The van der Waals surface area contributed by atoms with Gasteiger partial charge in [-0.3, -0.25) is 9.11 Å². The van der Waals surface area contributed by atoms with E-state index in [0.717, 1.165) is 28.5 Å². The van der Waals surface area contributed by atoms with E-state index in [-0.39, 0.29) is 29.8 Å². The lowest BCUT2D eigenvalue weighted by molar-refractivity contribution is -0.136. The first kappa shape index (κ1) is 27.5. The van der Waals surface area contributed by atoms with Crippen molar-refractivity contribution in [3.8, 4) is 10.6 Å². The Labute approximate surface area is 221 Å². The van der Waals surface area contributed by atoms with Gasteiger partial charge in [0.05, 0.1) is 62.6 Å². The van der Waals surface area contributed by atoms with Crippen molar-refractivity contribution in [3.05, 3.63) is 77.7 Å². The molecule has 0 spiro atoms. The van der Waals surface area contributed by atoms with Gasteiger partial charge in [0.25, 0.3) is 20.2 Å². The summed E-state index contributed by atoms with van der Waals surface area (Å²) in [5.74, 6) is -0.537. The third-order valence-electron chi connectivity index (χ3n) is 5.20. The molecule has 1 aliphatic carbocycles. The molecule has 198 valence electrons. The molecule has 4 rings (SSSR count). The molecule has 0 fully saturated rings. The predicted molar refractivity (Wildman–Crippen MR) is 138 cm³/mol. The molecule has 2 N–H and O–H groups in total. The van der Waals surface area contributed by atoms with E-state index in [1.807, 2.05) is 18.2 Å². The molecule has 2 aliphatic rings. The van der Waals surface area contributed by atoms with Gasteiger partial charge in [0.1, 0.15) is 4.90 Å². The van der Waals surface area contributed by atoms with Crippen molar-refractivity contribution in [2.24, 2.45) is 4.99 Å². The van der Waals surface area contributed by atoms with E-state index >= 15 is 0 Å². The van der Waals surface area contributed by atoms with Gasteiger partial charge in [0.15, 0.2) is 0 Å². The van der Waals surface area contributed by atoms with Crippen LogP contribution in [0.4, 0.5) is 5.69 Å². The molecule has 0 atom stereocenters. The summed E-state index contributed by atoms with van der Waals surface area (Å²) < 4.78 is 76.4. The monoisotopic (exact) mass is 576 g/mol. The van der Waals surface area contributed by atoms with E-state index in [0.29, 0.717) is 16.1 Å². The van der Waals surface area contributed by atoms with E-state index in [2.05, 4.69) is 21.3 Å². The highest BCUT2D eigenvalue weighted by atomic mass is 32.2. The molecular formula is C24H20N2O9S3. The third kappa shape index (κ3) is 6.30. The summed E-state index contributed by atoms with van der Waals surface area (Å²) in [6.45, 7) is 3.86. The zero-order valence-corrected chi connectivity index (χ0v) is 22.1. The number of ether oxygens (including phenoxy) is 2. The van der Waals surface area contributed by atoms with Crippen LogP contribution >= 0.6 is 11.3 Å². The van der Waals surface area contributed by atoms with E-state index in [9.17, 15) is 30.7 Å². The Hall–Kier alpha value is -3.53. The third-order valence-corrected chi connectivity index (χ3v) is 8.07. The fourth-order valence-corrected chi connectivity index (χ4v) is 5.51. The minimum atomic E-state index is -4.73. The number of esters is 1. The molecule has 11 nitrogen and oxygen atoms in total. The van der Waals surface area contributed by atoms with Crippen LogP contribution in [0.2, 0.25) is 0 Å². The summed E-state index contributed by atoms with van der Waals surface area (Å²) in [6.07, 6.45) is 0. The Balaban J connectivity index is 1.69. The summed E-state index contributed by atoms with van der Waals surface area (Å²) in [4.78, 5) is 19.8. The van der Waals surface area contributed by atoms with Gasteiger partial charge in [0.2, 0.25) is 0 Å². The van der Waals surface area contributed by atoms with Crippen LogP contribution in [-0.4, -0.2) is 50.6 Å². The molecule has 2 aromatic carbocycles. The molecule has 1 heterocycles. The van der Waals surface area contributed by atoms with E-state index < -0.39 is 36.0 Å². The van der Waals surface area contributed by atoms with Gasteiger partial charge >= 0.3 is 5.97 Å². The van der Waals surface area contributed by atoms with Crippen molar-refractivity contribution in [2.45, 2.75) is 16.4 Å². The Morgan fingerprint density at radius 1 is 1.03 bits per heavy atom. The van der Waals surface area contributed by atoms with Gasteiger partial charge in [-0.05, 0) is 54.1 Å². The number of hydrogen-bond donors (Lipinski definition) is 2. The molecule has 2 aromatic rings. The Bertz CT molecular complexity index is 1830. The second-order valence-electron chi connectivity index (χ2n) is 7.95. The SMILES string of the molecule is C=C(COCc1ccc2sc3cc(=Nc4cc(S(=O)(=O)O)ccc4S(=O)(=O)O)ccc-3nc2c1)C(=O)OC. The van der Waals surface area contributed by atoms with Crippen LogP contribution in [0.1, 0.15) is 5.56 Å². The van der Waals surface area contributed by atoms with Crippen LogP contribution in [-0.2, 0) is 41.1 Å². The van der Waals surface area contributed by atoms with Gasteiger partial charge in [-0.2, -0.15) is 16.8 Å². The summed E-state index contributed by atoms with van der Waals surface area (Å²) in [6, 6.07) is 13.0. The molecule has 38 heavy (non-hydrogen) atoms. The molecule has 0 saturated heterocycles. The zero-order chi connectivity index (χ0) is 27.7. The van der Waals surface area contributed by atoms with Gasteiger partial charge < -0.3 is 9.47 Å². The number of aromatic nitrogens is 1. The maximum Gasteiger partial charge on any atom is 0.335 e. The lowest BCUT2D eigenvalue weighted by Crippen LogP contribution is -2.09. The number of fused-ring (bicyclic) bond motifs is 2. The minimum absolute atomic E-state index is 0.0250. The minimum Gasteiger partial charge on any atom is -0.466 e. The van der Waals surface area contributed by atoms with E-state index in [1.54, 1.807) is 18.2 Å². The molecule has 0 unspecified atom stereocenters. The molecule has 14 heteroatoms. The van der Waals surface area contributed by atoms with Crippen LogP contribution in [0, 0.1) is 0 Å². The molecule has 1 aliphatic heterocycles. The second-order valence-corrected chi connectivity index (χ2v) is 11.8. The van der Waals surface area contributed by atoms with Crippen LogP contribution in [0.15, 0.2) is 81.5 Å². The van der Waals surface area contributed by atoms with E-state index in [1.165, 1.54) is 18.4 Å². The van der Waals surface area contributed by atoms with Crippen molar-refractivity contribution in [3.63, 3.8) is 0 Å². The summed E-state index contributed by atoms with van der Waals surface area (Å²) >= 11 is 1.40. The number of nitrogens with zero attached hydrogens (tertiary/aromatic N) is 2. The van der Waals surface area contributed by atoms with Crippen molar-refractivity contribution in [1.82, 2.24) is 4.98 Å². The highest BCUT2D eigenvalue weighted by Crippen LogP contribution is 2.31. The normalized spacial score (nSPS) is 12.7. The molecule has 0 saturated carbocycles. The molecule has 0 aromatic heterocycles. The van der Waals surface area contributed by atoms with Crippen LogP contribution < -0.4 is 5.36 Å². The summed E-state index contributed by atoms with van der Waals surface area (Å²) in [7, 11) is -8.10. The zero-order valence-electron chi connectivity index (χ0n) is 19.7. The number of rotatable bonds is 8. The van der Waals surface area contributed by atoms with Crippen LogP contribution in [0.25, 0.3) is 20.8 Å². The molecule has 0 bridgehead atoms. The average Bonchev–Trinajstić information content (AvgIpc) is 2.85. The lowest BCUT2D eigenvalue weighted by Gasteiger charge is -2.09. The topological polar surface area (TPSA) is 170 Å². The Kier molecular flexibility index (Phi) is 7.73. The number of methoxy groups -OCH3 is 1. The first-order chi connectivity index (χ1) is 17.8. The highest BCUT2D eigenvalue weighted by molar-refractivity contribution is 7.86. The lowest BCUT2D eigenvalue weighted by atomic mass is 10.2. The summed E-state index contributed by atoms with van der Waals surface area (Å²) in [5, 5.41) is 0.267. The summed E-state index contributed by atoms with van der Waals surface area (Å²) in [5.41, 5.74) is 2.00. The average molecular weight is 577 g/mol. The first-order valence-electron chi connectivity index (χ1n) is 10.7. The Morgan fingerprint density at radius 2 is 1.79 bits per heavy atom. The van der Waals surface area contributed by atoms with Crippen LogP contribution in [0.3, 0.4) is 0 Å². The largest absolute Gasteiger partial charge is 0.466 e. The first-order valence-corrected chi connectivity index (χ1v) is 14.4. The van der Waals surface area contributed by atoms with Crippen molar-refractivity contribution in [1.29, 1.82) is 0 Å². The highest BCUT2D eigenvalue weighted by Gasteiger charge is 2.19. The standard InChI is InChI=1S/C24H20N2O9S3/c1-14(24(27)34-2)12-35-13-15-3-7-21-19(9-15)26-18-6-4-16(10-22(18)36-21)25-20-11-17(37(28,29)30)5-8-23(20)38(31,32)33/h3-11H,1,12-13H2,2H3,(H,28,29,30)(H,31,32,33). The van der Waals surface area contributed by atoms with Gasteiger partial charge in [-0.1, -0.05) is 12.6 Å². The number of carbonyl (C=O) groups excluding carboxylic acids is 1. The van der Waals surface area contributed by atoms with Crippen molar-refractivity contribution < 1.29 is 40.2 Å². The fraction of sp³-hybridized carbons (Fsp3) is 0.125. The predicted octanol–water partition coefficient (Wildman–Crippen LogP) is 3.37. The van der Waals surface area contributed by atoms with E-state index in [4.69, 9.17) is 4.74 Å². The maximum absolute atomic E-state index is 11.8. The molecule has 0 amide bonds. The molecule has 0 radical (unpaired) electrons. The van der Waals surface area contributed by atoms with Crippen molar-refractivity contribution >= 4 is 53.4 Å². The van der Waals surface area contributed by atoms with Gasteiger partial charge in [-0.15, -0.1) is 11.3 Å². The fourth-order valence-electron chi connectivity index (χ4n) is 3.42. The smallest absolute Gasteiger partial charge is 0.335 e. The number of hydrogen-bond acceptors (Lipinski definition) is 10. The van der Waals surface area contributed by atoms with Gasteiger partial charge in [-0.25, -0.2) is 14.8 Å². The molecular weight excluding hydrogens is 556 g/mol. The number of benzene rings is 3. The second kappa shape index (κ2) is 10.7. The van der Waals surface area contributed by atoms with Gasteiger partial charge in [0, 0.05) is 0 Å². The van der Waals surface area contributed by atoms with Crippen LogP contribution in [0.5, 0.6) is 0 Å². The quantitative estimate of drug-likeness (QED) is 0.137. The maximum atomic E-state index is 11.8.